The standard InChI is InChI=1S/C12H19N3O4S2/c1-13-11-5-3-4-6-12(11)21(18,19)15-9-7-14(8-10-15)20(2,16)17/h3-6,13H,7-10H2,1-2H3. The molecule has 1 fully saturated rings. The van der Waals surface area contributed by atoms with Crippen molar-refractivity contribution in [2.75, 3.05) is 44.8 Å². The SMILES string of the molecule is CNc1ccccc1S(=O)(=O)N1CCN(S(C)(=O)=O)CC1. The fourth-order valence-electron chi connectivity index (χ4n) is 2.28. The lowest BCUT2D eigenvalue weighted by molar-refractivity contribution is 0.274. The zero-order chi connectivity index (χ0) is 15.7. The molecular weight excluding hydrogens is 314 g/mol. The molecule has 0 spiro atoms. The number of anilines is 1. The van der Waals surface area contributed by atoms with Gasteiger partial charge in [-0.1, -0.05) is 12.1 Å². The van der Waals surface area contributed by atoms with Crippen LogP contribution >= 0.6 is 0 Å². The minimum Gasteiger partial charge on any atom is -0.387 e. The smallest absolute Gasteiger partial charge is 0.245 e. The van der Waals surface area contributed by atoms with E-state index in [0.29, 0.717) is 5.69 Å². The maximum atomic E-state index is 12.6. The van der Waals surface area contributed by atoms with Gasteiger partial charge in [-0.05, 0) is 12.1 Å². The van der Waals surface area contributed by atoms with Crippen molar-refractivity contribution < 1.29 is 16.8 Å². The van der Waals surface area contributed by atoms with Crippen LogP contribution in [0.5, 0.6) is 0 Å². The molecule has 0 aliphatic carbocycles. The molecule has 0 amide bonds. The number of hydrogen-bond donors (Lipinski definition) is 1. The zero-order valence-corrected chi connectivity index (χ0v) is 13.6. The van der Waals surface area contributed by atoms with Gasteiger partial charge in [0.2, 0.25) is 20.0 Å². The van der Waals surface area contributed by atoms with Crippen molar-refractivity contribution >= 4 is 25.7 Å². The van der Waals surface area contributed by atoms with E-state index >= 15 is 0 Å². The number of hydrogen-bond acceptors (Lipinski definition) is 5. The molecule has 0 radical (unpaired) electrons. The Morgan fingerprint density at radius 1 is 0.952 bits per heavy atom. The molecule has 2 rings (SSSR count). The summed E-state index contributed by atoms with van der Waals surface area (Å²) < 4.78 is 50.8. The summed E-state index contributed by atoms with van der Waals surface area (Å²) in [4.78, 5) is 0.209. The summed E-state index contributed by atoms with van der Waals surface area (Å²) in [5.74, 6) is 0. The maximum absolute atomic E-state index is 12.6. The highest BCUT2D eigenvalue weighted by molar-refractivity contribution is 7.89. The van der Waals surface area contributed by atoms with Crippen LogP contribution in [0.25, 0.3) is 0 Å². The molecule has 7 nitrogen and oxygen atoms in total. The first-order valence-corrected chi connectivity index (χ1v) is 9.77. The summed E-state index contributed by atoms with van der Waals surface area (Å²) in [7, 11) is -5.23. The van der Waals surface area contributed by atoms with Crippen LogP contribution in [0.4, 0.5) is 5.69 Å². The number of benzene rings is 1. The fraction of sp³-hybridized carbons (Fsp3) is 0.500. The van der Waals surface area contributed by atoms with E-state index in [1.54, 1.807) is 31.3 Å². The molecule has 9 heteroatoms. The molecule has 1 N–H and O–H groups in total. The molecule has 21 heavy (non-hydrogen) atoms. The van der Waals surface area contributed by atoms with Gasteiger partial charge in [-0.15, -0.1) is 0 Å². The van der Waals surface area contributed by atoms with Crippen LogP contribution in [0, 0.1) is 0 Å². The van der Waals surface area contributed by atoms with E-state index in [4.69, 9.17) is 0 Å². The Kier molecular flexibility index (Phi) is 4.57. The minimum atomic E-state index is -3.62. The summed E-state index contributed by atoms with van der Waals surface area (Å²) in [5.41, 5.74) is 0.531. The average molecular weight is 333 g/mol. The lowest BCUT2D eigenvalue weighted by Gasteiger charge is -2.32. The molecular formula is C12H19N3O4S2. The van der Waals surface area contributed by atoms with Gasteiger partial charge >= 0.3 is 0 Å². The average Bonchev–Trinajstić information content (AvgIpc) is 2.46. The summed E-state index contributed by atoms with van der Waals surface area (Å²) >= 11 is 0. The zero-order valence-electron chi connectivity index (χ0n) is 12.0. The molecule has 118 valence electrons. The van der Waals surface area contributed by atoms with Crippen molar-refractivity contribution in [1.29, 1.82) is 0 Å². The van der Waals surface area contributed by atoms with Gasteiger partial charge in [0.15, 0.2) is 0 Å². The second-order valence-corrected chi connectivity index (χ2v) is 8.70. The van der Waals surface area contributed by atoms with E-state index in [0.717, 1.165) is 6.26 Å². The second kappa shape index (κ2) is 5.91. The van der Waals surface area contributed by atoms with Crippen LogP contribution in [-0.2, 0) is 20.0 Å². The quantitative estimate of drug-likeness (QED) is 0.838. The van der Waals surface area contributed by atoms with Crippen LogP contribution in [0.1, 0.15) is 0 Å². The highest BCUT2D eigenvalue weighted by Gasteiger charge is 2.32. The first kappa shape index (κ1) is 16.2. The second-order valence-electron chi connectivity index (χ2n) is 4.81. The highest BCUT2D eigenvalue weighted by Crippen LogP contribution is 2.25. The molecule has 0 bridgehead atoms. The van der Waals surface area contributed by atoms with Gasteiger partial charge in [0, 0.05) is 33.2 Å². The van der Waals surface area contributed by atoms with Gasteiger partial charge in [0.05, 0.1) is 11.9 Å². The van der Waals surface area contributed by atoms with Gasteiger partial charge in [-0.2, -0.15) is 8.61 Å². The van der Waals surface area contributed by atoms with Gasteiger partial charge < -0.3 is 5.32 Å². The van der Waals surface area contributed by atoms with Crippen molar-refractivity contribution in [2.45, 2.75) is 4.90 Å². The van der Waals surface area contributed by atoms with Crippen LogP contribution in [0.2, 0.25) is 0 Å². The van der Waals surface area contributed by atoms with Crippen LogP contribution < -0.4 is 5.32 Å². The van der Waals surface area contributed by atoms with Crippen molar-refractivity contribution in [3.05, 3.63) is 24.3 Å². The molecule has 0 atom stereocenters. The van der Waals surface area contributed by atoms with Crippen LogP contribution in [-0.4, -0.2) is 64.9 Å². The molecule has 1 aliphatic heterocycles. The monoisotopic (exact) mass is 333 g/mol. The van der Waals surface area contributed by atoms with Gasteiger partial charge in [-0.25, -0.2) is 16.8 Å². The first-order chi connectivity index (χ1) is 9.76. The summed E-state index contributed by atoms with van der Waals surface area (Å²) in [5, 5.41) is 2.86. The third-order valence-electron chi connectivity index (χ3n) is 3.44. The first-order valence-electron chi connectivity index (χ1n) is 6.49. The van der Waals surface area contributed by atoms with E-state index in [9.17, 15) is 16.8 Å². The summed E-state index contributed by atoms with van der Waals surface area (Å²) in [6, 6.07) is 6.66. The van der Waals surface area contributed by atoms with Crippen molar-refractivity contribution in [2.24, 2.45) is 0 Å². The number of rotatable bonds is 4. The lowest BCUT2D eigenvalue weighted by atomic mass is 10.3. The van der Waals surface area contributed by atoms with E-state index < -0.39 is 20.0 Å². The third-order valence-corrected chi connectivity index (χ3v) is 6.70. The van der Waals surface area contributed by atoms with Crippen molar-refractivity contribution in [3.8, 4) is 0 Å². The molecule has 1 saturated heterocycles. The number of para-hydroxylation sites is 1. The number of nitrogens with one attached hydrogen (secondary N) is 1. The number of sulfonamides is 2. The molecule has 1 heterocycles. The minimum absolute atomic E-state index is 0.160. The Balaban J connectivity index is 2.23. The molecule has 1 aromatic carbocycles. The largest absolute Gasteiger partial charge is 0.387 e. The number of piperazine rings is 1. The van der Waals surface area contributed by atoms with E-state index in [1.807, 2.05) is 0 Å². The summed E-state index contributed by atoms with van der Waals surface area (Å²) in [6.07, 6.45) is 1.13. The van der Waals surface area contributed by atoms with Gasteiger partial charge in [-0.3, -0.25) is 0 Å². The van der Waals surface area contributed by atoms with Gasteiger partial charge in [0.25, 0.3) is 0 Å². The predicted octanol–water partition coefficient (Wildman–Crippen LogP) is -0.00580. The maximum Gasteiger partial charge on any atom is 0.245 e. The third kappa shape index (κ3) is 3.37. The Hall–Kier alpha value is -1.16. The van der Waals surface area contributed by atoms with Crippen LogP contribution in [0.3, 0.4) is 0 Å². The predicted molar refractivity (Wildman–Crippen MR) is 81.2 cm³/mol. The van der Waals surface area contributed by atoms with Gasteiger partial charge in [0.1, 0.15) is 4.90 Å². The Morgan fingerprint density at radius 3 is 2.00 bits per heavy atom. The fourth-order valence-corrected chi connectivity index (χ4v) is 4.73. The highest BCUT2D eigenvalue weighted by atomic mass is 32.2. The Bertz CT molecular complexity index is 708. The molecule has 1 aromatic rings. The normalized spacial score (nSPS) is 18.6. The molecule has 0 unspecified atom stereocenters. The lowest BCUT2D eigenvalue weighted by Crippen LogP contribution is -2.50. The van der Waals surface area contributed by atoms with Crippen LogP contribution in [0.15, 0.2) is 29.2 Å². The number of nitrogens with zero attached hydrogens (tertiary/aromatic N) is 2. The Morgan fingerprint density at radius 2 is 1.48 bits per heavy atom. The van der Waals surface area contributed by atoms with E-state index in [2.05, 4.69) is 5.32 Å². The van der Waals surface area contributed by atoms with Crippen molar-refractivity contribution in [1.82, 2.24) is 8.61 Å². The van der Waals surface area contributed by atoms with Crippen molar-refractivity contribution in [3.63, 3.8) is 0 Å². The topological polar surface area (TPSA) is 86.8 Å². The van der Waals surface area contributed by atoms with E-state index in [-0.39, 0.29) is 31.1 Å². The molecule has 0 aromatic heterocycles. The summed E-state index contributed by atoms with van der Waals surface area (Å²) in [6.45, 7) is 0.681. The Labute approximate surface area is 125 Å². The van der Waals surface area contributed by atoms with E-state index in [1.165, 1.54) is 8.61 Å². The molecule has 0 saturated carbocycles. The molecule has 1 aliphatic rings.